The molecule has 0 fully saturated rings. The van der Waals surface area contributed by atoms with Crippen molar-refractivity contribution in [3.05, 3.63) is 28.7 Å². The number of hydrogen-bond donors (Lipinski definition) is 1. The maximum absolute atomic E-state index is 11.9. The zero-order valence-corrected chi connectivity index (χ0v) is 12.6. The third-order valence-electron chi connectivity index (χ3n) is 2.30. The smallest absolute Gasteiger partial charge is 0.211 e. The van der Waals surface area contributed by atoms with Crippen LogP contribution in [-0.4, -0.2) is 20.3 Å². The van der Waals surface area contributed by atoms with Gasteiger partial charge >= 0.3 is 0 Å². The second-order valence-corrected chi connectivity index (χ2v) is 6.95. The summed E-state index contributed by atoms with van der Waals surface area (Å²) >= 11 is 9.17. The van der Waals surface area contributed by atoms with Gasteiger partial charge < -0.3 is 0 Å². The molecule has 0 aromatic heterocycles. The molecule has 3 nitrogen and oxygen atoms in total. The molecule has 1 atom stereocenters. The van der Waals surface area contributed by atoms with E-state index >= 15 is 0 Å². The van der Waals surface area contributed by atoms with E-state index < -0.39 is 10.0 Å². The summed E-state index contributed by atoms with van der Waals surface area (Å²) in [4.78, 5) is 0.259. The minimum Gasteiger partial charge on any atom is -0.211 e. The fourth-order valence-electron chi connectivity index (χ4n) is 1.27. The molecule has 0 heterocycles. The third kappa shape index (κ3) is 4.95. The van der Waals surface area contributed by atoms with Crippen LogP contribution in [0.2, 0.25) is 0 Å². The van der Waals surface area contributed by atoms with Gasteiger partial charge in [-0.25, -0.2) is 13.1 Å². The average Bonchev–Trinajstić information content (AvgIpc) is 2.28. The van der Waals surface area contributed by atoms with Crippen molar-refractivity contribution in [2.45, 2.75) is 30.0 Å². The fourth-order valence-corrected chi connectivity index (χ4v) is 3.02. The predicted octanol–water partition coefficient (Wildman–Crippen LogP) is 3.13. The normalized spacial score (nSPS) is 13.6. The molecule has 1 rings (SSSR count). The Morgan fingerprint density at radius 1 is 1.47 bits per heavy atom. The van der Waals surface area contributed by atoms with Crippen LogP contribution in [-0.2, 0) is 10.0 Å². The lowest BCUT2D eigenvalue weighted by molar-refractivity contribution is 0.576. The van der Waals surface area contributed by atoms with Gasteiger partial charge in [-0.2, -0.15) is 0 Å². The molecule has 0 aliphatic heterocycles. The average molecular weight is 341 g/mol. The Balaban J connectivity index is 2.63. The molecular formula is C11H15BrClNO2S. The van der Waals surface area contributed by atoms with Crippen LogP contribution in [0.5, 0.6) is 0 Å². The Hall–Kier alpha value is -0.100. The summed E-state index contributed by atoms with van der Waals surface area (Å²) in [7, 11) is -3.43. The first-order valence-corrected chi connectivity index (χ1v) is 8.06. The highest BCUT2D eigenvalue weighted by molar-refractivity contribution is 9.10. The molecule has 0 bridgehead atoms. The van der Waals surface area contributed by atoms with Crippen LogP contribution in [0.4, 0.5) is 0 Å². The van der Waals surface area contributed by atoms with E-state index in [0.717, 1.165) is 10.9 Å². The van der Waals surface area contributed by atoms with Gasteiger partial charge in [0.15, 0.2) is 0 Å². The van der Waals surface area contributed by atoms with Gasteiger partial charge in [-0.15, -0.1) is 11.6 Å². The number of rotatable bonds is 6. The minimum absolute atomic E-state index is 0.0141. The second-order valence-electron chi connectivity index (χ2n) is 3.65. The molecule has 0 aliphatic rings. The van der Waals surface area contributed by atoms with E-state index in [9.17, 15) is 8.42 Å². The first kappa shape index (κ1) is 15.0. The standard InChI is InChI=1S/C11H15BrClNO2S/c1-2-10(13)6-7-14-17(15,16)11-5-3-4-9(12)8-11/h3-5,8,10,14H,2,6-7H2,1H3. The zero-order chi connectivity index (χ0) is 12.9. The molecule has 0 amide bonds. The largest absolute Gasteiger partial charge is 0.240 e. The number of hydrogen-bond acceptors (Lipinski definition) is 2. The Kier molecular flexibility index (Phi) is 5.92. The monoisotopic (exact) mass is 339 g/mol. The number of nitrogens with one attached hydrogen (secondary N) is 1. The zero-order valence-electron chi connectivity index (χ0n) is 9.49. The van der Waals surface area contributed by atoms with Gasteiger partial charge in [0.2, 0.25) is 10.0 Å². The summed E-state index contributed by atoms with van der Waals surface area (Å²) < 4.78 is 27.0. The van der Waals surface area contributed by atoms with E-state index in [1.807, 2.05) is 6.92 Å². The van der Waals surface area contributed by atoms with E-state index in [4.69, 9.17) is 11.6 Å². The Morgan fingerprint density at radius 3 is 2.76 bits per heavy atom. The van der Waals surface area contributed by atoms with Gasteiger partial charge in [0, 0.05) is 16.4 Å². The van der Waals surface area contributed by atoms with Crippen LogP contribution in [0.15, 0.2) is 33.6 Å². The van der Waals surface area contributed by atoms with Gasteiger partial charge in [0.05, 0.1) is 4.90 Å². The van der Waals surface area contributed by atoms with Crippen molar-refractivity contribution < 1.29 is 8.42 Å². The summed E-state index contributed by atoms with van der Waals surface area (Å²) in [6.07, 6.45) is 1.46. The summed E-state index contributed by atoms with van der Waals surface area (Å²) in [6.45, 7) is 2.33. The summed E-state index contributed by atoms with van der Waals surface area (Å²) in [5, 5.41) is 0.0141. The van der Waals surface area contributed by atoms with Crippen LogP contribution >= 0.6 is 27.5 Å². The third-order valence-corrected chi connectivity index (χ3v) is 4.78. The number of benzene rings is 1. The highest BCUT2D eigenvalue weighted by Crippen LogP contribution is 2.16. The lowest BCUT2D eigenvalue weighted by atomic mass is 10.2. The van der Waals surface area contributed by atoms with Crippen molar-refractivity contribution >= 4 is 37.6 Å². The SMILES string of the molecule is CCC(Cl)CCNS(=O)(=O)c1cccc(Br)c1. The molecule has 1 unspecified atom stereocenters. The van der Waals surface area contributed by atoms with Gasteiger partial charge in [-0.3, -0.25) is 0 Å². The van der Waals surface area contributed by atoms with Crippen LogP contribution in [0.1, 0.15) is 19.8 Å². The predicted molar refractivity (Wildman–Crippen MR) is 73.9 cm³/mol. The van der Waals surface area contributed by atoms with E-state index in [2.05, 4.69) is 20.7 Å². The lowest BCUT2D eigenvalue weighted by Gasteiger charge is -2.09. The van der Waals surface area contributed by atoms with Gasteiger partial charge in [0.1, 0.15) is 0 Å². The first-order valence-electron chi connectivity index (χ1n) is 5.35. The van der Waals surface area contributed by atoms with Crippen molar-refractivity contribution in [1.29, 1.82) is 0 Å². The molecule has 0 spiro atoms. The number of halogens is 2. The number of sulfonamides is 1. The van der Waals surface area contributed by atoms with E-state index in [0.29, 0.717) is 13.0 Å². The van der Waals surface area contributed by atoms with E-state index in [1.54, 1.807) is 24.3 Å². The topological polar surface area (TPSA) is 46.2 Å². The molecule has 0 radical (unpaired) electrons. The number of alkyl halides is 1. The lowest BCUT2D eigenvalue weighted by Crippen LogP contribution is -2.26. The van der Waals surface area contributed by atoms with Crippen LogP contribution < -0.4 is 4.72 Å². The molecule has 96 valence electrons. The molecule has 1 N–H and O–H groups in total. The molecule has 6 heteroatoms. The minimum atomic E-state index is -3.43. The van der Waals surface area contributed by atoms with Crippen molar-refractivity contribution in [2.24, 2.45) is 0 Å². The van der Waals surface area contributed by atoms with Crippen molar-refractivity contribution in [3.63, 3.8) is 0 Å². The fraction of sp³-hybridized carbons (Fsp3) is 0.455. The summed E-state index contributed by atoms with van der Waals surface area (Å²) in [6, 6.07) is 6.60. The van der Waals surface area contributed by atoms with Crippen LogP contribution in [0.25, 0.3) is 0 Å². The molecule has 0 saturated heterocycles. The molecule has 0 aliphatic carbocycles. The van der Waals surface area contributed by atoms with Crippen molar-refractivity contribution in [3.8, 4) is 0 Å². The first-order chi connectivity index (χ1) is 7.95. The quantitative estimate of drug-likeness (QED) is 0.809. The molecular weight excluding hydrogens is 326 g/mol. The highest BCUT2D eigenvalue weighted by Gasteiger charge is 2.14. The van der Waals surface area contributed by atoms with Gasteiger partial charge in [-0.05, 0) is 31.0 Å². The van der Waals surface area contributed by atoms with Crippen molar-refractivity contribution in [2.75, 3.05) is 6.54 Å². The van der Waals surface area contributed by atoms with Crippen molar-refractivity contribution in [1.82, 2.24) is 4.72 Å². The Bertz CT molecular complexity index is 464. The Labute approximate surface area is 116 Å². The summed E-state index contributed by atoms with van der Waals surface area (Å²) in [5.41, 5.74) is 0. The maximum Gasteiger partial charge on any atom is 0.240 e. The van der Waals surface area contributed by atoms with E-state index in [-0.39, 0.29) is 10.3 Å². The van der Waals surface area contributed by atoms with Gasteiger partial charge in [-0.1, -0.05) is 28.9 Å². The second kappa shape index (κ2) is 6.73. The van der Waals surface area contributed by atoms with Crippen LogP contribution in [0, 0.1) is 0 Å². The van der Waals surface area contributed by atoms with Gasteiger partial charge in [0.25, 0.3) is 0 Å². The molecule has 1 aromatic rings. The van der Waals surface area contributed by atoms with E-state index in [1.165, 1.54) is 0 Å². The molecule has 17 heavy (non-hydrogen) atoms. The van der Waals surface area contributed by atoms with Crippen LogP contribution in [0.3, 0.4) is 0 Å². The summed E-state index contributed by atoms with van der Waals surface area (Å²) in [5.74, 6) is 0. The highest BCUT2D eigenvalue weighted by atomic mass is 79.9. The molecule has 1 aromatic carbocycles. The maximum atomic E-state index is 11.9. The molecule has 0 saturated carbocycles. The Morgan fingerprint density at radius 2 is 2.18 bits per heavy atom.